The first-order chi connectivity index (χ1) is 6.77. The van der Waals surface area contributed by atoms with E-state index in [1.807, 2.05) is 0 Å². The first-order valence-electron chi connectivity index (χ1n) is 4.61. The lowest BCUT2D eigenvalue weighted by Gasteiger charge is -2.16. The van der Waals surface area contributed by atoms with Crippen LogP contribution in [0.15, 0.2) is 12.5 Å². The molecule has 0 amide bonds. The van der Waals surface area contributed by atoms with Crippen LogP contribution in [0.25, 0.3) is 0 Å². The summed E-state index contributed by atoms with van der Waals surface area (Å²) in [6, 6.07) is 0.374. The fourth-order valence-corrected chi connectivity index (χ4v) is 1.97. The molecule has 2 rings (SSSR count). The van der Waals surface area contributed by atoms with Crippen LogP contribution in [0.5, 0.6) is 0 Å². The van der Waals surface area contributed by atoms with Crippen molar-refractivity contribution in [3.8, 4) is 0 Å². The zero-order valence-corrected chi connectivity index (χ0v) is 10.1. The standard InChI is InChI=1S/C9H12IN3O/c1-6-8(2-3-14-6)13-9-7(10)4-11-5-12-9/h4-6,8H,2-3H2,1H3,(H,11,12,13). The molecule has 1 aliphatic heterocycles. The van der Waals surface area contributed by atoms with Crippen LogP contribution in [0.2, 0.25) is 0 Å². The van der Waals surface area contributed by atoms with Gasteiger partial charge in [-0.1, -0.05) is 0 Å². The largest absolute Gasteiger partial charge is 0.376 e. The second-order valence-electron chi connectivity index (χ2n) is 3.33. The summed E-state index contributed by atoms with van der Waals surface area (Å²) in [5.74, 6) is 0.906. The molecule has 0 aliphatic carbocycles. The highest BCUT2D eigenvalue weighted by atomic mass is 127. The van der Waals surface area contributed by atoms with E-state index in [1.54, 1.807) is 12.5 Å². The van der Waals surface area contributed by atoms with Gasteiger partial charge in [-0.25, -0.2) is 9.97 Å². The predicted molar refractivity (Wildman–Crippen MR) is 62.2 cm³/mol. The van der Waals surface area contributed by atoms with E-state index in [9.17, 15) is 0 Å². The summed E-state index contributed by atoms with van der Waals surface area (Å²) in [6.45, 7) is 2.92. The van der Waals surface area contributed by atoms with E-state index in [2.05, 4.69) is 44.8 Å². The van der Waals surface area contributed by atoms with Crippen LogP contribution in [-0.2, 0) is 4.74 Å². The van der Waals surface area contributed by atoms with Crippen molar-refractivity contribution in [2.24, 2.45) is 0 Å². The van der Waals surface area contributed by atoms with E-state index in [-0.39, 0.29) is 6.10 Å². The lowest BCUT2D eigenvalue weighted by molar-refractivity contribution is 0.121. The molecule has 0 aromatic carbocycles. The van der Waals surface area contributed by atoms with Gasteiger partial charge in [-0.05, 0) is 35.9 Å². The molecule has 0 saturated carbocycles. The van der Waals surface area contributed by atoms with Gasteiger partial charge in [0.2, 0.25) is 0 Å². The molecule has 2 heterocycles. The van der Waals surface area contributed by atoms with E-state index < -0.39 is 0 Å². The molecule has 76 valence electrons. The summed E-state index contributed by atoms with van der Waals surface area (Å²) >= 11 is 2.23. The Morgan fingerprint density at radius 3 is 3.14 bits per heavy atom. The van der Waals surface area contributed by atoms with E-state index in [4.69, 9.17) is 4.74 Å². The van der Waals surface area contributed by atoms with Gasteiger partial charge < -0.3 is 10.1 Å². The summed E-state index contributed by atoms with van der Waals surface area (Å²) in [4.78, 5) is 8.14. The maximum absolute atomic E-state index is 5.47. The molecular formula is C9H12IN3O. The third-order valence-electron chi connectivity index (χ3n) is 2.37. The fraction of sp³-hybridized carbons (Fsp3) is 0.556. The Morgan fingerprint density at radius 1 is 1.64 bits per heavy atom. The van der Waals surface area contributed by atoms with Crippen molar-refractivity contribution in [1.29, 1.82) is 0 Å². The molecule has 1 aromatic rings. The van der Waals surface area contributed by atoms with E-state index in [1.165, 1.54) is 0 Å². The Balaban J connectivity index is 2.07. The van der Waals surface area contributed by atoms with Crippen molar-refractivity contribution in [3.05, 3.63) is 16.1 Å². The minimum Gasteiger partial charge on any atom is -0.376 e. The van der Waals surface area contributed by atoms with Crippen LogP contribution in [0.3, 0.4) is 0 Å². The third kappa shape index (κ3) is 2.14. The average Bonchev–Trinajstić information content (AvgIpc) is 2.56. The lowest BCUT2D eigenvalue weighted by atomic mass is 10.1. The van der Waals surface area contributed by atoms with Gasteiger partial charge in [0.25, 0.3) is 0 Å². The molecule has 1 N–H and O–H groups in total. The molecule has 5 heteroatoms. The number of halogens is 1. The van der Waals surface area contributed by atoms with Crippen molar-refractivity contribution < 1.29 is 4.74 Å². The Hall–Kier alpha value is -0.430. The molecular weight excluding hydrogens is 293 g/mol. The third-order valence-corrected chi connectivity index (χ3v) is 3.16. The first kappa shape index (κ1) is 10.1. The van der Waals surface area contributed by atoms with Gasteiger partial charge in [0.05, 0.1) is 15.7 Å². The van der Waals surface area contributed by atoms with E-state index in [0.29, 0.717) is 6.04 Å². The van der Waals surface area contributed by atoms with Crippen LogP contribution < -0.4 is 5.32 Å². The van der Waals surface area contributed by atoms with Gasteiger partial charge in [0, 0.05) is 12.8 Å². The summed E-state index contributed by atoms with van der Waals surface area (Å²) in [5.41, 5.74) is 0. The number of aromatic nitrogens is 2. The molecule has 1 aliphatic rings. The number of rotatable bonds is 2. The molecule has 0 spiro atoms. The normalized spacial score (nSPS) is 26.4. The van der Waals surface area contributed by atoms with E-state index in [0.717, 1.165) is 22.4 Å². The second-order valence-corrected chi connectivity index (χ2v) is 4.50. The molecule has 1 saturated heterocycles. The average molecular weight is 305 g/mol. The molecule has 4 nitrogen and oxygen atoms in total. The van der Waals surface area contributed by atoms with Crippen molar-refractivity contribution in [2.45, 2.75) is 25.5 Å². The maximum atomic E-state index is 5.47. The monoisotopic (exact) mass is 305 g/mol. The maximum Gasteiger partial charge on any atom is 0.143 e. The van der Waals surface area contributed by atoms with Gasteiger partial charge in [-0.3, -0.25) is 0 Å². The summed E-state index contributed by atoms with van der Waals surface area (Å²) < 4.78 is 6.51. The zero-order chi connectivity index (χ0) is 9.97. The molecule has 1 fully saturated rings. The van der Waals surface area contributed by atoms with Crippen LogP contribution in [0.4, 0.5) is 5.82 Å². The fourth-order valence-electron chi connectivity index (χ4n) is 1.52. The summed E-state index contributed by atoms with van der Waals surface area (Å²) in [7, 11) is 0. The van der Waals surface area contributed by atoms with Crippen LogP contribution >= 0.6 is 22.6 Å². The predicted octanol–water partition coefficient (Wildman–Crippen LogP) is 1.67. The van der Waals surface area contributed by atoms with Crippen molar-refractivity contribution in [3.63, 3.8) is 0 Å². The van der Waals surface area contributed by atoms with Gasteiger partial charge in [-0.2, -0.15) is 0 Å². The molecule has 0 bridgehead atoms. The number of ether oxygens (including phenoxy) is 1. The molecule has 14 heavy (non-hydrogen) atoms. The first-order valence-corrected chi connectivity index (χ1v) is 5.69. The highest BCUT2D eigenvalue weighted by molar-refractivity contribution is 14.1. The number of anilines is 1. The highest BCUT2D eigenvalue weighted by Crippen LogP contribution is 2.20. The number of nitrogens with one attached hydrogen (secondary N) is 1. The number of hydrogen-bond acceptors (Lipinski definition) is 4. The molecule has 0 radical (unpaired) electrons. The van der Waals surface area contributed by atoms with Crippen LogP contribution in [-0.4, -0.2) is 28.7 Å². The summed E-state index contributed by atoms with van der Waals surface area (Å²) in [5, 5.41) is 3.38. The minimum absolute atomic E-state index is 0.265. The topological polar surface area (TPSA) is 47.0 Å². The van der Waals surface area contributed by atoms with Gasteiger partial charge in [0.15, 0.2) is 0 Å². The lowest BCUT2D eigenvalue weighted by Crippen LogP contribution is -2.27. The minimum atomic E-state index is 0.265. The Morgan fingerprint density at radius 2 is 2.50 bits per heavy atom. The van der Waals surface area contributed by atoms with Crippen molar-refractivity contribution >= 4 is 28.4 Å². The van der Waals surface area contributed by atoms with Gasteiger partial charge in [0.1, 0.15) is 12.1 Å². The van der Waals surface area contributed by atoms with Crippen molar-refractivity contribution in [2.75, 3.05) is 11.9 Å². The van der Waals surface area contributed by atoms with Crippen molar-refractivity contribution in [1.82, 2.24) is 9.97 Å². The number of nitrogens with zero attached hydrogens (tertiary/aromatic N) is 2. The SMILES string of the molecule is CC1OCCC1Nc1ncncc1I. The smallest absolute Gasteiger partial charge is 0.143 e. The Labute approximate surface area is 96.6 Å². The zero-order valence-electron chi connectivity index (χ0n) is 7.90. The summed E-state index contributed by atoms with van der Waals surface area (Å²) in [6.07, 6.45) is 4.67. The Bertz CT molecular complexity index is 321. The highest BCUT2D eigenvalue weighted by Gasteiger charge is 2.24. The Kier molecular flexibility index (Phi) is 3.17. The molecule has 1 aromatic heterocycles. The van der Waals surface area contributed by atoms with E-state index >= 15 is 0 Å². The van der Waals surface area contributed by atoms with Gasteiger partial charge in [-0.15, -0.1) is 0 Å². The molecule has 2 unspecified atom stereocenters. The molecule has 2 atom stereocenters. The number of hydrogen-bond donors (Lipinski definition) is 1. The quantitative estimate of drug-likeness (QED) is 0.845. The van der Waals surface area contributed by atoms with Gasteiger partial charge >= 0.3 is 0 Å². The van der Waals surface area contributed by atoms with Crippen LogP contribution in [0.1, 0.15) is 13.3 Å². The second kappa shape index (κ2) is 4.39. The van der Waals surface area contributed by atoms with Crippen LogP contribution in [0, 0.1) is 3.57 Å².